The van der Waals surface area contributed by atoms with Crippen LogP contribution in [0.1, 0.15) is 42.1 Å². The average Bonchev–Trinajstić information content (AvgIpc) is 2.67. The zero-order chi connectivity index (χ0) is 23.0. The third-order valence-electron chi connectivity index (χ3n) is 4.64. The number of aliphatic imine (C=N–C) groups is 1. The smallest absolute Gasteiger partial charge is 0.425 e. The second-order valence-corrected chi connectivity index (χ2v) is 7.53. The molecule has 6 nitrogen and oxygen atoms in total. The minimum absolute atomic E-state index is 0.0227. The van der Waals surface area contributed by atoms with E-state index in [1.807, 2.05) is 0 Å². The Hall–Kier alpha value is -3.06. The summed E-state index contributed by atoms with van der Waals surface area (Å²) in [6.45, 7) is 9.51. The Morgan fingerprint density at radius 1 is 1.42 bits per heavy atom. The van der Waals surface area contributed by atoms with Crippen molar-refractivity contribution in [2.75, 3.05) is 0 Å². The topological polar surface area (TPSA) is 68.8 Å². The highest BCUT2D eigenvalue weighted by atomic mass is 35.5. The lowest BCUT2D eigenvalue weighted by Crippen LogP contribution is -2.43. The molecule has 0 aromatic carbocycles. The van der Waals surface area contributed by atoms with Gasteiger partial charge in [-0.05, 0) is 25.1 Å². The molecule has 0 saturated heterocycles. The summed E-state index contributed by atoms with van der Waals surface area (Å²) in [5.74, 6) is -1.64. The first kappa shape index (κ1) is 22.6. The minimum atomic E-state index is -4.66. The van der Waals surface area contributed by atoms with Gasteiger partial charge in [0.05, 0.1) is 18.0 Å². The van der Waals surface area contributed by atoms with Gasteiger partial charge in [0.1, 0.15) is 22.7 Å². The Balaban J connectivity index is 1.93. The summed E-state index contributed by atoms with van der Waals surface area (Å²) in [6.07, 6.45) is -6.63. The quantitative estimate of drug-likeness (QED) is 0.360. The SMILES string of the molecule is [C-]#[N+]c1cnc(C(=O)Cc2ccc(F)c([C@]3(C)C[C@@H](C(F)(F)F)OC(C)=N3)n2)c(Cl)c1. The highest BCUT2D eigenvalue weighted by molar-refractivity contribution is 6.33. The lowest BCUT2D eigenvalue weighted by atomic mass is 9.88. The van der Waals surface area contributed by atoms with E-state index in [9.17, 15) is 22.4 Å². The van der Waals surface area contributed by atoms with E-state index < -0.39 is 35.8 Å². The number of nitrogens with zero attached hydrogens (tertiary/aromatic N) is 4. The fourth-order valence-corrected chi connectivity index (χ4v) is 3.53. The van der Waals surface area contributed by atoms with Crippen LogP contribution in [0.3, 0.4) is 0 Å². The molecule has 0 N–H and O–H groups in total. The number of alkyl halides is 3. The van der Waals surface area contributed by atoms with Crippen LogP contribution in [-0.2, 0) is 16.7 Å². The number of ketones is 1. The van der Waals surface area contributed by atoms with Crippen molar-refractivity contribution in [3.8, 4) is 0 Å². The number of rotatable bonds is 4. The molecule has 1 aliphatic heterocycles. The van der Waals surface area contributed by atoms with Gasteiger partial charge >= 0.3 is 6.18 Å². The molecule has 3 heterocycles. The monoisotopic (exact) mass is 454 g/mol. The van der Waals surface area contributed by atoms with E-state index in [4.69, 9.17) is 22.9 Å². The second-order valence-electron chi connectivity index (χ2n) is 7.13. The van der Waals surface area contributed by atoms with Gasteiger partial charge in [-0.15, -0.1) is 0 Å². The number of hydrogen-bond acceptors (Lipinski definition) is 5. The van der Waals surface area contributed by atoms with Crippen molar-refractivity contribution in [1.29, 1.82) is 0 Å². The largest absolute Gasteiger partial charge is 0.468 e. The van der Waals surface area contributed by atoms with E-state index in [0.717, 1.165) is 6.07 Å². The van der Waals surface area contributed by atoms with Crippen LogP contribution in [-0.4, -0.2) is 33.9 Å². The summed E-state index contributed by atoms with van der Waals surface area (Å²) in [6, 6.07) is 3.56. The van der Waals surface area contributed by atoms with Crippen molar-refractivity contribution in [3.63, 3.8) is 0 Å². The third-order valence-corrected chi connectivity index (χ3v) is 4.93. The van der Waals surface area contributed by atoms with E-state index >= 15 is 0 Å². The molecule has 2 atom stereocenters. The van der Waals surface area contributed by atoms with Gasteiger partial charge in [0, 0.05) is 25.2 Å². The van der Waals surface area contributed by atoms with Crippen molar-refractivity contribution in [1.82, 2.24) is 9.97 Å². The molecule has 162 valence electrons. The molecule has 0 saturated carbocycles. The molecule has 1 aliphatic rings. The Bertz CT molecular complexity index is 1110. The first-order valence-electron chi connectivity index (χ1n) is 8.95. The van der Waals surface area contributed by atoms with Gasteiger partial charge in [-0.2, -0.15) is 13.2 Å². The van der Waals surface area contributed by atoms with Crippen molar-refractivity contribution in [2.45, 2.75) is 44.5 Å². The van der Waals surface area contributed by atoms with Gasteiger partial charge in [0.2, 0.25) is 5.69 Å². The maximum atomic E-state index is 14.6. The van der Waals surface area contributed by atoms with Crippen LogP contribution < -0.4 is 0 Å². The predicted molar refractivity (Wildman–Crippen MR) is 104 cm³/mol. The summed E-state index contributed by atoms with van der Waals surface area (Å²) in [7, 11) is 0. The predicted octanol–water partition coefficient (Wildman–Crippen LogP) is 5.23. The number of pyridine rings is 2. The standard InChI is InChI=1S/C20H15ClF4N4O2/c1-10-29-19(2,8-16(31-10)20(23,24)25)18-14(22)5-4-11(28-18)7-15(30)17-13(21)6-12(26-3)9-27-17/h4-6,9,16H,7-8H2,1-2H3/t16-,19-/m0/s1. The fourth-order valence-electron chi connectivity index (χ4n) is 3.26. The summed E-state index contributed by atoms with van der Waals surface area (Å²) in [5, 5.41) is -0.0227. The van der Waals surface area contributed by atoms with Crippen LogP contribution in [0.5, 0.6) is 0 Å². The number of hydrogen-bond donors (Lipinski definition) is 0. The molecule has 31 heavy (non-hydrogen) atoms. The zero-order valence-electron chi connectivity index (χ0n) is 16.3. The van der Waals surface area contributed by atoms with Crippen molar-refractivity contribution < 1.29 is 27.1 Å². The zero-order valence-corrected chi connectivity index (χ0v) is 17.1. The fraction of sp³-hybridized carbons (Fsp3) is 0.350. The van der Waals surface area contributed by atoms with E-state index in [2.05, 4.69) is 19.8 Å². The van der Waals surface area contributed by atoms with Crippen molar-refractivity contribution >= 4 is 29.0 Å². The Kier molecular flexibility index (Phi) is 6.00. The van der Waals surface area contributed by atoms with Crippen LogP contribution in [0.15, 0.2) is 29.4 Å². The number of ether oxygens (including phenoxy) is 1. The van der Waals surface area contributed by atoms with Gasteiger partial charge < -0.3 is 4.74 Å². The van der Waals surface area contributed by atoms with Crippen LogP contribution in [0.4, 0.5) is 23.2 Å². The van der Waals surface area contributed by atoms with Crippen molar-refractivity contribution in [2.24, 2.45) is 4.99 Å². The van der Waals surface area contributed by atoms with E-state index in [-0.39, 0.29) is 40.1 Å². The maximum Gasteiger partial charge on any atom is 0.425 e. The summed E-state index contributed by atoms with van der Waals surface area (Å²) < 4.78 is 59.0. The summed E-state index contributed by atoms with van der Waals surface area (Å²) in [4.78, 5) is 27.8. The van der Waals surface area contributed by atoms with Crippen LogP contribution >= 0.6 is 11.6 Å². The molecular weight excluding hydrogens is 440 g/mol. The Labute approximate surface area is 179 Å². The molecule has 0 fully saturated rings. The normalized spacial score (nSPS) is 21.1. The van der Waals surface area contributed by atoms with E-state index in [1.54, 1.807) is 0 Å². The molecule has 0 radical (unpaired) electrons. The second kappa shape index (κ2) is 8.23. The number of carbonyl (C=O) groups is 1. The first-order valence-corrected chi connectivity index (χ1v) is 9.32. The molecule has 3 rings (SSSR count). The minimum Gasteiger partial charge on any atom is -0.468 e. The number of carbonyl (C=O) groups excluding carboxylic acids is 1. The maximum absolute atomic E-state index is 14.6. The molecule has 0 unspecified atom stereocenters. The van der Waals surface area contributed by atoms with Crippen LogP contribution in [0.2, 0.25) is 5.02 Å². The molecule has 11 heteroatoms. The molecular formula is C20H15ClF4N4O2. The average molecular weight is 455 g/mol. The molecule has 2 aromatic rings. The van der Waals surface area contributed by atoms with Crippen molar-refractivity contribution in [3.05, 3.63) is 63.7 Å². The van der Waals surface area contributed by atoms with E-state index in [1.165, 1.54) is 32.2 Å². The molecule has 0 aliphatic carbocycles. The molecule has 0 spiro atoms. The van der Waals surface area contributed by atoms with Crippen LogP contribution in [0, 0.1) is 12.4 Å². The molecule has 0 amide bonds. The number of aromatic nitrogens is 2. The van der Waals surface area contributed by atoms with E-state index in [0.29, 0.717) is 0 Å². The number of halogens is 5. The lowest BCUT2D eigenvalue weighted by molar-refractivity contribution is -0.208. The Morgan fingerprint density at radius 3 is 2.74 bits per heavy atom. The lowest BCUT2D eigenvalue weighted by Gasteiger charge is -2.35. The van der Waals surface area contributed by atoms with Gasteiger partial charge in [-0.3, -0.25) is 14.8 Å². The van der Waals surface area contributed by atoms with Gasteiger partial charge in [0.25, 0.3) is 0 Å². The highest BCUT2D eigenvalue weighted by Gasteiger charge is 2.50. The number of Topliss-reactive ketones (excluding diaryl/α,β-unsaturated/α-hetero) is 1. The van der Waals surface area contributed by atoms with Crippen LogP contribution in [0.25, 0.3) is 4.85 Å². The van der Waals surface area contributed by atoms with Gasteiger partial charge in [-0.25, -0.2) is 14.2 Å². The molecule has 2 aromatic heterocycles. The highest BCUT2D eigenvalue weighted by Crippen LogP contribution is 2.40. The Morgan fingerprint density at radius 2 is 2.13 bits per heavy atom. The summed E-state index contributed by atoms with van der Waals surface area (Å²) in [5.41, 5.74) is -1.79. The van der Waals surface area contributed by atoms with Gasteiger partial charge in [0.15, 0.2) is 17.8 Å². The third kappa shape index (κ3) is 4.82. The first-order chi connectivity index (χ1) is 14.4. The molecule has 0 bridgehead atoms. The summed E-state index contributed by atoms with van der Waals surface area (Å²) >= 11 is 6.00. The van der Waals surface area contributed by atoms with Gasteiger partial charge in [-0.1, -0.05) is 11.6 Å².